The summed E-state index contributed by atoms with van der Waals surface area (Å²) in [6.45, 7) is 2.11. The normalized spacial score (nSPS) is 22.7. The van der Waals surface area contributed by atoms with Crippen LogP contribution in [0.3, 0.4) is 0 Å². The van der Waals surface area contributed by atoms with Crippen LogP contribution in [0.4, 0.5) is 5.69 Å². The van der Waals surface area contributed by atoms with Gasteiger partial charge >= 0.3 is 0 Å². The zero-order valence-electron chi connectivity index (χ0n) is 16.7. The summed E-state index contributed by atoms with van der Waals surface area (Å²) in [4.78, 5) is 19.3. The van der Waals surface area contributed by atoms with Gasteiger partial charge in [-0.25, -0.2) is 4.99 Å². The van der Waals surface area contributed by atoms with Gasteiger partial charge in [0.05, 0.1) is 23.9 Å². The van der Waals surface area contributed by atoms with Gasteiger partial charge in [0.2, 0.25) is 11.8 Å². The number of aliphatic imine (C=N–C) groups is 1. The van der Waals surface area contributed by atoms with E-state index in [1.807, 2.05) is 25.1 Å². The third-order valence-corrected chi connectivity index (χ3v) is 5.44. The number of benzene rings is 2. The van der Waals surface area contributed by atoms with Crippen LogP contribution in [-0.4, -0.2) is 30.2 Å². The molecule has 0 spiro atoms. The van der Waals surface area contributed by atoms with Gasteiger partial charge in [0, 0.05) is 28.0 Å². The molecule has 1 saturated heterocycles. The summed E-state index contributed by atoms with van der Waals surface area (Å²) in [6, 6.07) is 14.8. The van der Waals surface area contributed by atoms with Gasteiger partial charge in [-0.3, -0.25) is 4.79 Å². The van der Waals surface area contributed by atoms with E-state index in [1.54, 1.807) is 53.6 Å². The molecule has 1 N–H and O–H groups in total. The third-order valence-electron chi connectivity index (χ3n) is 5.11. The smallest absolute Gasteiger partial charge is 0.245 e. The molecule has 0 saturated carbocycles. The number of nitriles is 1. The van der Waals surface area contributed by atoms with Gasteiger partial charge in [0.1, 0.15) is 6.10 Å². The molecule has 7 heteroatoms. The van der Waals surface area contributed by atoms with Crippen LogP contribution in [0.5, 0.6) is 0 Å². The Hall–Kier alpha value is -3.69. The zero-order chi connectivity index (χ0) is 22.0. The number of carbonyl (C=O) groups excluding carboxylic acids is 1. The number of allylic oxidation sites excluding steroid dienone is 3. The van der Waals surface area contributed by atoms with E-state index >= 15 is 0 Å². The second-order valence-corrected chi connectivity index (χ2v) is 7.66. The largest absolute Gasteiger partial charge is 0.475 e. The van der Waals surface area contributed by atoms with Crippen molar-refractivity contribution < 1.29 is 9.53 Å². The number of rotatable bonds is 2. The first-order valence-corrected chi connectivity index (χ1v) is 10.1. The van der Waals surface area contributed by atoms with Crippen molar-refractivity contribution >= 4 is 34.8 Å². The van der Waals surface area contributed by atoms with Crippen molar-refractivity contribution in [2.24, 2.45) is 10.9 Å². The first-order chi connectivity index (χ1) is 15.0. The van der Waals surface area contributed by atoms with Crippen LogP contribution >= 0.6 is 11.6 Å². The number of hydrogen-bond acceptors (Lipinski definition) is 5. The van der Waals surface area contributed by atoms with Gasteiger partial charge < -0.3 is 15.0 Å². The van der Waals surface area contributed by atoms with E-state index in [2.05, 4.69) is 11.1 Å². The van der Waals surface area contributed by atoms with E-state index in [0.717, 1.165) is 5.56 Å². The quantitative estimate of drug-likeness (QED) is 0.745. The minimum Gasteiger partial charge on any atom is -0.475 e. The van der Waals surface area contributed by atoms with Crippen LogP contribution in [-0.2, 0) is 9.53 Å². The highest BCUT2D eigenvalue weighted by molar-refractivity contribution is 6.33. The lowest BCUT2D eigenvalue weighted by Gasteiger charge is -2.24. The molecule has 2 aliphatic rings. The molecule has 4 rings (SSSR count). The van der Waals surface area contributed by atoms with Gasteiger partial charge in [-0.2, -0.15) is 5.26 Å². The summed E-state index contributed by atoms with van der Waals surface area (Å²) in [5, 5.41) is 18.7. The van der Waals surface area contributed by atoms with Crippen molar-refractivity contribution in [1.82, 2.24) is 0 Å². The highest BCUT2D eigenvalue weighted by atomic mass is 35.5. The lowest BCUT2D eigenvalue weighted by Crippen LogP contribution is -2.41. The van der Waals surface area contributed by atoms with Crippen molar-refractivity contribution in [3.63, 3.8) is 0 Å². The van der Waals surface area contributed by atoms with Crippen molar-refractivity contribution in [3.05, 3.63) is 77.5 Å². The monoisotopic (exact) mass is 430 g/mol. The fourth-order valence-electron chi connectivity index (χ4n) is 3.65. The molecule has 2 atom stereocenters. The number of halogens is 1. The number of nitrogens with zero attached hydrogens (tertiary/aromatic N) is 3. The lowest BCUT2D eigenvalue weighted by atomic mass is 9.97. The van der Waals surface area contributed by atoms with Gasteiger partial charge in [-0.15, -0.1) is 0 Å². The molecule has 154 valence electrons. The van der Waals surface area contributed by atoms with Crippen molar-refractivity contribution in [2.45, 2.75) is 13.0 Å². The number of amides is 1. The number of ether oxygens (including phenoxy) is 1. The Morgan fingerprint density at radius 3 is 2.81 bits per heavy atom. The van der Waals surface area contributed by atoms with E-state index in [9.17, 15) is 10.1 Å². The Kier molecular flexibility index (Phi) is 5.70. The molecule has 6 nitrogen and oxygen atoms in total. The molecular formula is C24H19ClN4O2. The Morgan fingerprint density at radius 1 is 1.23 bits per heavy atom. The van der Waals surface area contributed by atoms with Crippen LogP contribution in [0, 0.1) is 22.7 Å². The minimum atomic E-state index is -0.945. The second-order valence-electron chi connectivity index (χ2n) is 7.26. The Balaban J connectivity index is 1.77. The summed E-state index contributed by atoms with van der Waals surface area (Å²) in [6.07, 6.45) is 6.12. The maximum absolute atomic E-state index is 13.5. The number of nitrogens with one attached hydrogen (secondary N) is 1. The Morgan fingerprint density at radius 2 is 2.03 bits per heavy atom. The molecule has 2 aromatic carbocycles. The van der Waals surface area contributed by atoms with E-state index in [0.29, 0.717) is 21.8 Å². The van der Waals surface area contributed by atoms with Crippen molar-refractivity contribution in [3.8, 4) is 17.2 Å². The molecule has 0 aliphatic carbocycles. The van der Waals surface area contributed by atoms with E-state index in [1.165, 1.54) is 0 Å². The molecule has 0 aromatic heterocycles. The number of hydrogen-bond donors (Lipinski definition) is 1. The van der Waals surface area contributed by atoms with Crippen LogP contribution in [0.25, 0.3) is 11.1 Å². The minimum absolute atomic E-state index is 0.0976. The van der Waals surface area contributed by atoms with Gasteiger partial charge in [-0.05, 0) is 37.3 Å². The van der Waals surface area contributed by atoms with Gasteiger partial charge in [0.25, 0.3) is 0 Å². The van der Waals surface area contributed by atoms with Crippen LogP contribution in [0.2, 0.25) is 5.02 Å². The summed E-state index contributed by atoms with van der Waals surface area (Å²) < 4.78 is 5.89. The first kappa shape index (κ1) is 20.6. The fraction of sp³-hybridized carbons (Fsp3) is 0.167. The fourth-order valence-corrected chi connectivity index (χ4v) is 3.89. The zero-order valence-corrected chi connectivity index (χ0v) is 17.5. The summed E-state index contributed by atoms with van der Waals surface area (Å²) in [7, 11) is 0. The van der Waals surface area contributed by atoms with E-state index in [-0.39, 0.29) is 30.2 Å². The van der Waals surface area contributed by atoms with E-state index < -0.39 is 5.92 Å². The molecule has 1 amide bonds. The standard InChI is InChI=1S/C24H19ClN4O2/c1-15-14-29(24(30)22-21(27)8-4-5-11-28-23(22)31-15)17-9-10-18(16(12-17)13-26)19-6-2-3-7-20(19)25/h2-12,15,22,27H,14H2,1H3/b8-4+,11-5+,27-21?,28-23?. The molecular weight excluding hydrogens is 412 g/mol. The summed E-state index contributed by atoms with van der Waals surface area (Å²) in [5.74, 6) is -1.05. The Labute approximate surface area is 185 Å². The van der Waals surface area contributed by atoms with Gasteiger partial charge in [0.15, 0.2) is 5.92 Å². The molecule has 2 unspecified atom stereocenters. The summed E-state index contributed by atoms with van der Waals surface area (Å²) in [5.41, 5.74) is 2.50. The van der Waals surface area contributed by atoms with Crippen molar-refractivity contribution in [1.29, 1.82) is 10.7 Å². The lowest BCUT2D eigenvalue weighted by molar-refractivity contribution is -0.118. The third kappa shape index (κ3) is 4.00. The average Bonchev–Trinajstić information content (AvgIpc) is 2.87. The predicted molar refractivity (Wildman–Crippen MR) is 121 cm³/mol. The average molecular weight is 431 g/mol. The highest BCUT2D eigenvalue weighted by Gasteiger charge is 2.38. The highest BCUT2D eigenvalue weighted by Crippen LogP contribution is 2.33. The molecule has 2 heterocycles. The van der Waals surface area contributed by atoms with Crippen LogP contribution in [0.1, 0.15) is 12.5 Å². The molecule has 31 heavy (non-hydrogen) atoms. The van der Waals surface area contributed by atoms with Crippen LogP contribution in [0.15, 0.2) is 71.9 Å². The number of anilines is 1. The topological polar surface area (TPSA) is 89.5 Å². The van der Waals surface area contributed by atoms with Crippen molar-refractivity contribution in [2.75, 3.05) is 11.4 Å². The number of fused-ring (bicyclic) bond motifs is 1. The Bertz CT molecular complexity index is 1190. The molecule has 0 bridgehead atoms. The van der Waals surface area contributed by atoms with Gasteiger partial charge in [-0.1, -0.05) is 41.9 Å². The maximum atomic E-state index is 13.5. The van der Waals surface area contributed by atoms with Crippen LogP contribution < -0.4 is 4.90 Å². The number of carbonyl (C=O) groups is 1. The summed E-state index contributed by atoms with van der Waals surface area (Å²) >= 11 is 6.32. The predicted octanol–water partition coefficient (Wildman–Crippen LogP) is 4.75. The SMILES string of the molecule is CC1CN(c2ccc(-c3ccccc3Cl)c(C#N)c2)C(=O)C2C(=N)/C=C/C=C/N=C2O1. The molecule has 1 fully saturated rings. The molecule has 0 radical (unpaired) electrons. The second kappa shape index (κ2) is 8.58. The molecule has 2 aliphatic heterocycles. The first-order valence-electron chi connectivity index (χ1n) is 9.76. The maximum Gasteiger partial charge on any atom is 0.245 e. The van der Waals surface area contributed by atoms with E-state index in [4.69, 9.17) is 21.7 Å². The molecule has 2 aromatic rings.